The number of nitrogens with zero attached hydrogens (tertiary/aromatic N) is 6. The lowest BCUT2D eigenvalue weighted by Gasteiger charge is -2.04. The molecular weight excluding hydrogens is 330 g/mol. The quantitative estimate of drug-likeness (QED) is 0.561. The molecule has 0 atom stereocenters. The number of nitriles is 1. The molecule has 123 valence electrons. The van der Waals surface area contributed by atoms with Gasteiger partial charge in [0, 0.05) is 23.5 Å². The van der Waals surface area contributed by atoms with Crippen LogP contribution in [0.1, 0.15) is 5.56 Å². The van der Waals surface area contributed by atoms with E-state index in [0.29, 0.717) is 22.7 Å². The van der Waals surface area contributed by atoms with Crippen LogP contribution >= 0.6 is 0 Å². The molecule has 8 nitrogen and oxygen atoms in total. The highest BCUT2D eigenvalue weighted by molar-refractivity contribution is 5.70. The summed E-state index contributed by atoms with van der Waals surface area (Å²) in [5.74, 6) is 0.316. The van der Waals surface area contributed by atoms with Crippen LogP contribution in [0.5, 0.6) is 0 Å². The molecule has 0 aliphatic rings. The number of hydrogen-bond donors (Lipinski definition) is 0. The zero-order valence-corrected chi connectivity index (χ0v) is 13.3. The Labute approximate surface area is 148 Å². The minimum absolute atomic E-state index is 0.0885. The molecule has 0 unspecified atom stereocenters. The highest BCUT2D eigenvalue weighted by Gasteiger charge is 2.18. The minimum Gasteiger partial charge on any atom is -0.414 e. The van der Waals surface area contributed by atoms with Crippen molar-refractivity contribution in [3.05, 3.63) is 60.6 Å². The second-order valence-corrected chi connectivity index (χ2v) is 5.26. The molecule has 4 aromatic rings. The lowest BCUT2D eigenvalue weighted by molar-refractivity contribution is 0.582. The first kappa shape index (κ1) is 15.4. The number of rotatable bonds is 3. The second kappa shape index (κ2) is 6.41. The normalized spacial score (nSPS) is 10.4. The van der Waals surface area contributed by atoms with Gasteiger partial charge < -0.3 is 4.42 Å². The minimum atomic E-state index is -0.0978. The van der Waals surface area contributed by atoms with E-state index in [4.69, 9.17) is 10.2 Å². The van der Waals surface area contributed by atoms with Gasteiger partial charge >= 0.3 is 0 Å². The average molecular weight is 340 g/mol. The van der Waals surface area contributed by atoms with Crippen LogP contribution in [0, 0.1) is 11.3 Å². The Morgan fingerprint density at radius 3 is 2.62 bits per heavy atom. The van der Waals surface area contributed by atoms with Gasteiger partial charge in [-0.15, -0.1) is 10.2 Å². The Kier molecular flexibility index (Phi) is 3.80. The molecule has 3 aromatic heterocycles. The summed E-state index contributed by atoms with van der Waals surface area (Å²) in [7, 11) is 0. The van der Waals surface area contributed by atoms with Crippen LogP contribution in [0.15, 0.2) is 59.4 Å². The van der Waals surface area contributed by atoms with Gasteiger partial charge in [-0.3, -0.25) is 10.7 Å². The van der Waals surface area contributed by atoms with Crippen molar-refractivity contribution in [1.82, 2.24) is 30.9 Å². The van der Waals surface area contributed by atoms with E-state index in [1.807, 2.05) is 30.3 Å². The van der Waals surface area contributed by atoms with Crippen molar-refractivity contribution in [1.29, 1.82) is 5.26 Å². The van der Waals surface area contributed by atoms with Gasteiger partial charge in [0.05, 0.1) is 23.5 Å². The van der Waals surface area contributed by atoms with Crippen molar-refractivity contribution < 1.29 is 4.42 Å². The van der Waals surface area contributed by atoms with Crippen molar-refractivity contribution in [3.8, 4) is 40.4 Å². The van der Waals surface area contributed by atoms with Crippen molar-refractivity contribution in [2.75, 3.05) is 0 Å². The van der Waals surface area contributed by atoms with Gasteiger partial charge in [-0.25, -0.2) is 9.97 Å². The predicted molar refractivity (Wildman–Crippen MR) is 91.5 cm³/mol. The first-order valence-corrected chi connectivity index (χ1v) is 7.58. The maximum absolute atomic E-state index is 9.25. The first-order valence-electron chi connectivity index (χ1n) is 7.58. The molecular formula is C18H10N7O. The van der Waals surface area contributed by atoms with Crippen LogP contribution in [-0.2, 0) is 0 Å². The summed E-state index contributed by atoms with van der Waals surface area (Å²) in [4.78, 5) is 12.4. The highest BCUT2D eigenvalue weighted by atomic mass is 16.4. The molecule has 1 N–H and O–H groups in total. The van der Waals surface area contributed by atoms with Crippen LogP contribution < -0.4 is 5.73 Å². The fraction of sp³-hybridized carbons (Fsp3) is 0. The summed E-state index contributed by atoms with van der Waals surface area (Å²) in [6.07, 6.45) is 4.47. The van der Waals surface area contributed by atoms with Crippen molar-refractivity contribution in [3.63, 3.8) is 0 Å². The predicted octanol–water partition coefficient (Wildman–Crippen LogP) is 3.04. The second-order valence-electron chi connectivity index (χ2n) is 5.26. The Hall–Kier alpha value is -4.12. The maximum atomic E-state index is 9.25. The molecule has 1 radical (unpaired) electrons. The number of aromatic nitrogens is 5. The van der Waals surface area contributed by atoms with Crippen LogP contribution in [-0.4, -0.2) is 25.1 Å². The third-order valence-electron chi connectivity index (χ3n) is 3.64. The van der Waals surface area contributed by atoms with E-state index in [-0.39, 0.29) is 17.4 Å². The first-order chi connectivity index (χ1) is 12.8. The molecule has 3 heterocycles. The Morgan fingerprint density at radius 1 is 1.00 bits per heavy atom. The zero-order chi connectivity index (χ0) is 17.9. The number of hydrogen-bond acceptors (Lipinski definition) is 7. The molecule has 0 aliphatic heterocycles. The van der Waals surface area contributed by atoms with Crippen LogP contribution in [0.2, 0.25) is 0 Å². The van der Waals surface area contributed by atoms with Crippen molar-refractivity contribution in [2.45, 2.75) is 0 Å². The largest absolute Gasteiger partial charge is 0.414 e. The third-order valence-corrected chi connectivity index (χ3v) is 3.64. The van der Waals surface area contributed by atoms with Gasteiger partial charge in [-0.2, -0.15) is 5.26 Å². The molecule has 0 saturated heterocycles. The topological polar surface area (TPSA) is 125 Å². The summed E-state index contributed by atoms with van der Waals surface area (Å²) < 4.78 is 5.66. The standard InChI is InChI=1S/C18H10N7O/c19-8-12-6-7-21-9-13(12)14-10-22-16(20)15(23-14)18-25-24-17(26-18)11-4-2-1-3-5-11/h1-7,9-10,20H. The summed E-state index contributed by atoms with van der Waals surface area (Å²) in [5, 5.41) is 17.2. The van der Waals surface area contributed by atoms with Gasteiger partial charge in [-0.05, 0) is 18.2 Å². The maximum Gasteiger partial charge on any atom is 0.270 e. The lowest BCUT2D eigenvalue weighted by atomic mass is 10.1. The highest BCUT2D eigenvalue weighted by Crippen LogP contribution is 2.29. The number of nitrogens with one attached hydrogen (secondary N) is 1. The van der Waals surface area contributed by atoms with Crippen molar-refractivity contribution >= 4 is 5.82 Å². The molecule has 0 fully saturated rings. The van der Waals surface area contributed by atoms with E-state index in [1.165, 1.54) is 18.6 Å². The van der Waals surface area contributed by atoms with E-state index in [9.17, 15) is 5.26 Å². The summed E-state index contributed by atoms with van der Waals surface area (Å²) in [5.41, 5.74) is 10.2. The van der Waals surface area contributed by atoms with Gasteiger partial charge in [-0.1, -0.05) is 18.2 Å². The zero-order valence-electron chi connectivity index (χ0n) is 13.3. The van der Waals surface area contributed by atoms with E-state index in [1.54, 1.807) is 6.07 Å². The SMILES string of the molecule is N#Cc1ccncc1-c1cnc([NH])c(-c2nnc(-c3ccccc3)o2)n1. The van der Waals surface area contributed by atoms with Gasteiger partial charge in [0.15, 0.2) is 11.5 Å². The lowest BCUT2D eigenvalue weighted by Crippen LogP contribution is -1.95. The third kappa shape index (κ3) is 2.74. The van der Waals surface area contributed by atoms with Crippen molar-refractivity contribution in [2.24, 2.45) is 0 Å². The fourth-order valence-corrected chi connectivity index (χ4v) is 2.38. The summed E-state index contributed by atoms with van der Waals surface area (Å²) >= 11 is 0. The summed E-state index contributed by atoms with van der Waals surface area (Å²) in [6.45, 7) is 0. The van der Waals surface area contributed by atoms with Crippen LogP contribution in [0.4, 0.5) is 5.82 Å². The van der Waals surface area contributed by atoms with Crippen LogP contribution in [0.3, 0.4) is 0 Å². The molecule has 0 spiro atoms. The van der Waals surface area contributed by atoms with E-state index in [0.717, 1.165) is 5.56 Å². The Bertz CT molecular complexity index is 1120. The molecule has 8 heteroatoms. The van der Waals surface area contributed by atoms with Gasteiger partial charge in [0.25, 0.3) is 5.89 Å². The summed E-state index contributed by atoms with van der Waals surface area (Å²) in [6, 6.07) is 13.0. The average Bonchev–Trinajstić information content (AvgIpc) is 3.19. The molecule has 1 aromatic carbocycles. The van der Waals surface area contributed by atoms with Gasteiger partial charge in [0.1, 0.15) is 0 Å². The Balaban J connectivity index is 1.79. The van der Waals surface area contributed by atoms with E-state index < -0.39 is 0 Å². The number of benzene rings is 1. The molecule has 0 bridgehead atoms. The van der Waals surface area contributed by atoms with E-state index >= 15 is 0 Å². The van der Waals surface area contributed by atoms with Crippen LogP contribution in [0.25, 0.3) is 34.3 Å². The fourth-order valence-electron chi connectivity index (χ4n) is 2.38. The molecule has 0 aliphatic carbocycles. The van der Waals surface area contributed by atoms with Gasteiger partial charge in [0.2, 0.25) is 5.89 Å². The molecule has 4 rings (SSSR count). The molecule has 26 heavy (non-hydrogen) atoms. The smallest absolute Gasteiger partial charge is 0.270 e. The van der Waals surface area contributed by atoms with E-state index in [2.05, 4.69) is 31.2 Å². The number of pyridine rings is 1. The Morgan fingerprint density at radius 2 is 1.81 bits per heavy atom. The molecule has 0 amide bonds. The monoisotopic (exact) mass is 340 g/mol. The molecule has 0 saturated carbocycles.